The molecule has 0 N–H and O–H groups in total. The second-order valence-electron chi connectivity index (χ2n) is 6.63. The highest BCUT2D eigenvalue weighted by Crippen LogP contribution is 2.31. The smallest absolute Gasteiger partial charge is 0.0136 e. The first-order valence-electron chi connectivity index (χ1n) is 9.07. The van der Waals surface area contributed by atoms with Crippen LogP contribution in [0.2, 0.25) is 0 Å². The van der Waals surface area contributed by atoms with Crippen LogP contribution in [-0.2, 0) is 6.42 Å². The van der Waals surface area contributed by atoms with Gasteiger partial charge in [0.15, 0.2) is 0 Å². The van der Waals surface area contributed by atoms with Gasteiger partial charge in [0.25, 0.3) is 0 Å². The highest BCUT2D eigenvalue weighted by molar-refractivity contribution is 14.1. The molecule has 128 valence electrons. The quantitative estimate of drug-likeness (QED) is 0.280. The first kappa shape index (κ1) is 17.3. The van der Waals surface area contributed by atoms with Crippen LogP contribution in [0.5, 0.6) is 0 Å². The van der Waals surface area contributed by atoms with Crippen LogP contribution >= 0.6 is 22.6 Å². The van der Waals surface area contributed by atoms with Crippen LogP contribution in [0.25, 0.3) is 38.7 Å². The van der Waals surface area contributed by atoms with E-state index in [4.69, 9.17) is 0 Å². The number of hydrogen-bond donors (Lipinski definition) is 0. The van der Waals surface area contributed by atoms with Crippen LogP contribution in [0, 0.1) is 3.57 Å². The summed E-state index contributed by atoms with van der Waals surface area (Å²) in [5.41, 5.74) is 5.31. The first-order valence-corrected chi connectivity index (χ1v) is 10.2. The molecule has 26 heavy (non-hydrogen) atoms. The summed E-state index contributed by atoms with van der Waals surface area (Å²) in [5.74, 6) is 0. The van der Waals surface area contributed by atoms with Gasteiger partial charge in [0.1, 0.15) is 0 Å². The molecule has 0 fully saturated rings. The maximum atomic E-state index is 2.37. The molecule has 0 saturated heterocycles. The highest BCUT2D eigenvalue weighted by Gasteiger charge is 2.07. The third kappa shape index (κ3) is 3.16. The Hall–Kier alpha value is -2.13. The van der Waals surface area contributed by atoms with Gasteiger partial charge in [-0.25, -0.2) is 0 Å². The molecule has 0 aliphatic heterocycles. The lowest BCUT2D eigenvalue weighted by Gasteiger charge is -2.11. The van der Waals surface area contributed by atoms with Gasteiger partial charge in [0.05, 0.1) is 0 Å². The van der Waals surface area contributed by atoms with Gasteiger partial charge in [-0.3, -0.25) is 0 Å². The van der Waals surface area contributed by atoms with Gasteiger partial charge in [-0.15, -0.1) is 0 Å². The van der Waals surface area contributed by atoms with Crippen molar-refractivity contribution in [3.63, 3.8) is 0 Å². The second-order valence-corrected chi connectivity index (χ2v) is 7.87. The fourth-order valence-electron chi connectivity index (χ4n) is 3.72. The van der Waals surface area contributed by atoms with E-state index in [0.717, 1.165) is 6.42 Å². The van der Waals surface area contributed by atoms with Crippen LogP contribution < -0.4 is 0 Å². The topological polar surface area (TPSA) is 0 Å². The largest absolute Gasteiger partial charge is 0.0871 e. The van der Waals surface area contributed by atoms with E-state index >= 15 is 0 Å². The van der Waals surface area contributed by atoms with Gasteiger partial charge in [-0.1, -0.05) is 61.5 Å². The number of aryl methyl sites for hydroxylation is 1. The zero-order chi connectivity index (χ0) is 18.1. The molecule has 4 rings (SSSR count). The van der Waals surface area contributed by atoms with E-state index in [1.165, 1.54) is 47.4 Å². The van der Waals surface area contributed by atoms with E-state index in [-0.39, 0.29) is 0 Å². The van der Waals surface area contributed by atoms with Crippen molar-refractivity contribution in [1.82, 2.24) is 0 Å². The number of hydrogen-bond acceptors (Lipinski definition) is 0. The van der Waals surface area contributed by atoms with Gasteiger partial charge >= 0.3 is 0 Å². The first-order chi connectivity index (χ1) is 12.7. The van der Waals surface area contributed by atoms with Crippen molar-refractivity contribution in [1.29, 1.82) is 0 Å². The number of halogens is 1. The lowest BCUT2D eigenvalue weighted by atomic mass is 9.93. The molecular formula is C25H21I. The average Bonchev–Trinajstić information content (AvgIpc) is 2.67. The number of allylic oxidation sites excluding steroid dienone is 1. The van der Waals surface area contributed by atoms with E-state index in [1.807, 2.05) is 0 Å². The van der Waals surface area contributed by atoms with Crippen molar-refractivity contribution in [3.05, 3.63) is 87.5 Å². The SMILES string of the molecule is C/C=C\c1ccc2cc(-c3ccc4cc(I)ccc4c3)ccc2c1CC. The lowest BCUT2D eigenvalue weighted by Crippen LogP contribution is -1.90. The van der Waals surface area contributed by atoms with Crippen LogP contribution in [0.3, 0.4) is 0 Å². The Labute approximate surface area is 168 Å². The maximum Gasteiger partial charge on any atom is 0.0136 e. The Morgan fingerprint density at radius 1 is 0.769 bits per heavy atom. The molecule has 0 aliphatic carbocycles. The van der Waals surface area contributed by atoms with Crippen LogP contribution in [0.15, 0.2) is 72.8 Å². The van der Waals surface area contributed by atoms with Crippen molar-refractivity contribution in [3.8, 4) is 11.1 Å². The van der Waals surface area contributed by atoms with Crippen LogP contribution in [0.4, 0.5) is 0 Å². The highest BCUT2D eigenvalue weighted by atomic mass is 127. The molecule has 0 heterocycles. The summed E-state index contributed by atoms with van der Waals surface area (Å²) in [6.45, 7) is 4.31. The Bertz CT molecular complexity index is 1140. The van der Waals surface area contributed by atoms with Gasteiger partial charge in [-0.2, -0.15) is 0 Å². The minimum Gasteiger partial charge on any atom is -0.0871 e. The predicted octanol–water partition coefficient (Wildman–Crippen LogP) is 7.86. The fraction of sp³-hybridized carbons (Fsp3) is 0.120. The third-order valence-electron chi connectivity index (χ3n) is 5.00. The predicted molar refractivity (Wildman–Crippen MR) is 124 cm³/mol. The molecule has 0 radical (unpaired) electrons. The lowest BCUT2D eigenvalue weighted by molar-refractivity contribution is 1.15. The van der Waals surface area contributed by atoms with Crippen molar-refractivity contribution in [2.45, 2.75) is 20.3 Å². The molecule has 0 atom stereocenters. The monoisotopic (exact) mass is 448 g/mol. The summed E-state index contributed by atoms with van der Waals surface area (Å²) in [7, 11) is 0. The molecule has 4 aromatic carbocycles. The van der Waals surface area contributed by atoms with Crippen LogP contribution in [-0.4, -0.2) is 0 Å². The molecule has 0 unspecified atom stereocenters. The molecule has 0 nitrogen and oxygen atoms in total. The van der Waals surface area contributed by atoms with Gasteiger partial charge in [0.2, 0.25) is 0 Å². The maximum absolute atomic E-state index is 2.37. The Kier molecular flexibility index (Phi) is 4.82. The molecule has 0 amide bonds. The van der Waals surface area contributed by atoms with E-state index in [2.05, 4.69) is 115 Å². The number of benzene rings is 4. The summed E-state index contributed by atoms with van der Waals surface area (Å²) in [6, 6.07) is 24.7. The Morgan fingerprint density at radius 2 is 1.42 bits per heavy atom. The molecule has 4 aromatic rings. The van der Waals surface area contributed by atoms with Crippen molar-refractivity contribution < 1.29 is 0 Å². The zero-order valence-electron chi connectivity index (χ0n) is 15.1. The Balaban J connectivity index is 1.85. The Morgan fingerprint density at radius 3 is 2.19 bits per heavy atom. The summed E-state index contributed by atoms with van der Waals surface area (Å²) in [6.07, 6.45) is 5.37. The second kappa shape index (κ2) is 7.24. The van der Waals surface area contributed by atoms with E-state index in [0.29, 0.717) is 0 Å². The number of rotatable bonds is 3. The minimum absolute atomic E-state index is 1.05. The standard InChI is InChI=1S/C25H21I/c1-3-5-17-6-9-22-15-20(11-13-25(22)24(17)4-2)18-7-8-21-16-23(26)12-10-19(21)14-18/h3,5-16H,4H2,1-2H3/b5-3-. The van der Waals surface area contributed by atoms with E-state index in [9.17, 15) is 0 Å². The summed E-state index contributed by atoms with van der Waals surface area (Å²) >= 11 is 2.37. The molecule has 0 bridgehead atoms. The van der Waals surface area contributed by atoms with Gasteiger partial charge < -0.3 is 0 Å². The summed E-state index contributed by atoms with van der Waals surface area (Å²) < 4.78 is 1.28. The normalized spacial score (nSPS) is 11.7. The molecule has 1 heteroatoms. The van der Waals surface area contributed by atoms with Crippen molar-refractivity contribution in [2.75, 3.05) is 0 Å². The van der Waals surface area contributed by atoms with Gasteiger partial charge in [-0.05, 0) is 104 Å². The van der Waals surface area contributed by atoms with Gasteiger partial charge in [0, 0.05) is 3.57 Å². The fourth-order valence-corrected chi connectivity index (χ4v) is 4.23. The molecule has 0 saturated carbocycles. The molecule has 0 aromatic heterocycles. The van der Waals surface area contributed by atoms with E-state index < -0.39 is 0 Å². The van der Waals surface area contributed by atoms with Crippen molar-refractivity contribution >= 4 is 50.2 Å². The summed E-state index contributed by atoms with van der Waals surface area (Å²) in [5, 5.41) is 5.27. The van der Waals surface area contributed by atoms with E-state index in [1.54, 1.807) is 0 Å². The third-order valence-corrected chi connectivity index (χ3v) is 5.67. The van der Waals surface area contributed by atoms with Crippen molar-refractivity contribution in [2.24, 2.45) is 0 Å². The average molecular weight is 448 g/mol. The molecule has 0 spiro atoms. The zero-order valence-corrected chi connectivity index (χ0v) is 17.2. The minimum atomic E-state index is 1.05. The number of fused-ring (bicyclic) bond motifs is 2. The summed E-state index contributed by atoms with van der Waals surface area (Å²) in [4.78, 5) is 0. The molecular weight excluding hydrogens is 427 g/mol. The molecule has 0 aliphatic rings. The van der Waals surface area contributed by atoms with Crippen LogP contribution in [0.1, 0.15) is 25.0 Å².